The quantitative estimate of drug-likeness (QED) is 0.354. The van der Waals surface area contributed by atoms with Crippen molar-refractivity contribution in [2.75, 3.05) is 5.32 Å². The van der Waals surface area contributed by atoms with Crippen molar-refractivity contribution < 1.29 is 27.8 Å². The molecule has 7 rings (SSSR count). The third-order valence-electron chi connectivity index (χ3n) is 7.59. The SMILES string of the molecule is O=C1CCc2c(Oc3ccc(O)c(C4C5CC54c4nc5ccc(C(F)(F)F)cc5[nH]4)c3)ccnc2N1. The summed E-state index contributed by atoms with van der Waals surface area (Å²) in [7, 11) is 0. The van der Waals surface area contributed by atoms with Gasteiger partial charge < -0.3 is 20.1 Å². The van der Waals surface area contributed by atoms with E-state index in [0.29, 0.717) is 47.0 Å². The number of alkyl halides is 3. The van der Waals surface area contributed by atoms with Gasteiger partial charge in [0.05, 0.1) is 16.6 Å². The molecule has 0 radical (unpaired) electrons. The van der Waals surface area contributed by atoms with Gasteiger partial charge in [-0.1, -0.05) is 0 Å². The molecule has 2 saturated carbocycles. The molecule has 2 aliphatic carbocycles. The number of imidazole rings is 1. The summed E-state index contributed by atoms with van der Waals surface area (Å²) in [5, 5.41) is 13.4. The van der Waals surface area contributed by atoms with Crippen molar-refractivity contribution in [3.8, 4) is 17.2 Å². The lowest BCUT2D eigenvalue weighted by molar-refractivity contribution is -0.137. The van der Waals surface area contributed by atoms with Crippen LogP contribution in [0, 0.1) is 5.92 Å². The Balaban J connectivity index is 1.18. The van der Waals surface area contributed by atoms with E-state index in [4.69, 9.17) is 4.74 Å². The molecule has 36 heavy (non-hydrogen) atoms. The van der Waals surface area contributed by atoms with Crippen LogP contribution >= 0.6 is 0 Å². The molecular formula is C26H19F3N4O3. The van der Waals surface area contributed by atoms with Gasteiger partial charge in [0, 0.05) is 35.1 Å². The average Bonchev–Trinajstić information content (AvgIpc) is 3.66. The molecule has 7 nitrogen and oxygen atoms in total. The molecule has 2 aromatic carbocycles. The number of hydrogen-bond donors (Lipinski definition) is 3. The van der Waals surface area contributed by atoms with Gasteiger partial charge in [-0.3, -0.25) is 4.79 Å². The highest BCUT2D eigenvalue weighted by Crippen LogP contribution is 2.84. The summed E-state index contributed by atoms with van der Waals surface area (Å²) in [6.07, 6.45) is -1.13. The van der Waals surface area contributed by atoms with E-state index in [1.54, 1.807) is 30.5 Å². The normalized spacial score (nSPS) is 24.1. The van der Waals surface area contributed by atoms with Gasteiger partial charge in [0.2, 0.25) is 5.91 Å². The minimum atomic E-state index is -4.42. The first kappa shape index (κ1) is 21.2. The zero-order chi connectivity index (χ0) is 24.8. The van der Waals surface area contributed by atoms with Crippen LogP contribution in [0.2, 0.25) is 0 Å². The fourth-order valence-electron chi connectivity index (χ4n) is 5.55. The molecule has 3 heterocycles. The second kappa shape index (κ2) is 6.99. The van der Waals surface area contributed by atoms with E-state index in [9.17, 15) is 23.1 Å². The molecule has 3 unspecified atom stereocenters. The number of pyridine rings is 1. The number of anilines is 1. The summed E-state index contributed by atoms with van der Waals surface area (Å²) in [6.45, 7) is 0. The van der Waals surface area contributed by atoms with Crippen molar-refractivity contribution >= 4 is 22.8 Å². The molecule has 1 aliphatic heterocycles. The van der Waals surface area contributed by atoms with Crippen LogP contribution in [0.5, 0.6) is 17.2 Å². The van der Waals surface area contributed by atoms with E-state index in [2.05, 4.69) is 20.3 Å². The van der Waals surface area contributed by atoms with Crippen LogP contribution in [0.3, 0.4) is 0 Å². The standard InChI is InChI=1S/C26H19F3N4O3/c27-26(28,29)12-1-4-17-18(9-12)32-24(31-17)25-11-16(25)22(25)15-10-13(2-5-19(15)34)36-20-7-8-30-23-14(20)3-6-21(35)33-23/h1-2,4-5,7-10,16,22,34H,3,6,11H2,(H,31,32)(H,30,33,35). The summed E-state index contributed by atoms with van der Waals surface area (Å²) in [4.78, 5) is 23.6. The maximum atomic E-state index is 13.1. The van der Waals surface area contributed by atoms with Crippen molar-refractivity contribution in [1.82, 2.24) is 15.0 Å². The Labute approximate surface area is 202 Å². The van der Waals surface area contributed by atoms with Crippen LogP contribution in [-0.4, -0.2) is 26.0 Å². The monoisotopic (exact) mass is 492 g/mol. The van der Waals surface area contributed by atoms with Gasteiger partial charge in [-0.2, -0.15) is 13.2 Å². The largest absolute Gasteiger partial charge is 0.508 e. The number of hydrogen-bond acceptors (Lipinski definition) is 5. The lowest BCUT2D eigenvalue weighted by Gasteiger charge is -2.19. The maximum absolute atomic E-state index is 13.1. The fraction of sp³-hybridized carbons (Fsp3) is 0.269. The summed E-state index contributed by atoms with van der Waals surface area (Å²) < 4.78 is 45.5. The van der Waals surface area contributed by atoms with Crippen LogP contribution in [0.1, 0.15) is 41.3 Å². The number of aromatic hydroxyl groups is 1. The highest BCUT2D eigenvalue weighted by Gasteiger charge is 2.81. The highest BCUT2D eigenvalue weighted by atomic mass is 19.4. The van der Waals surface area contributed by atoms with Crippen molar-refractivity contribution in [1.29, 1.82) is 0 Å². The van der Waals surface area contributed by atoms with Crippen molar-refractivity contribution in [2.45, 2.75) is 36.8 Å². The first-order valence-corrected chi connectivity index (χ1v) is 11.6. The van der Waals surface area contributed by atoms with Crippen molar-refractivity contribution in [2.24, 2.45) is 5.92 Å². The minimum Gasteiger partial charge on any atom is -0.508 e. The van der Waals surface area contributed by atoms with Crippen LogP contribution in [0.15, 0.2) is 48.7 Å². The van der Waals surface area contributed by atoms with E-state index >= 15 is 0 Å². The number of fused-ring (bicyclic) bond motifs is 3. The van der Waals surface area contributed by atoms with Crippen molar-refractivity contribution in [3.63, 3.8) is 0 Å². The summed E-state index contributed by atoms with van der Waals surface area (Å²) in [5.74, 6) is 2.56. The summed E-state index contributed by atoms with van der Waals surface area (Å²) >= 11 is 0. The Kier molecular flexibility index (Phi) is 4.12. The molecule has 182 valence electrons. The average molecular weight is 492 g/mol. The molecule has 3 atom stereocenters. The second-order valence-corrected chi connectivity index (χ2v) is 9.65. The Hall–Kier alpha value is -4.08. The van der Waals surface area contributed by atoms with Gasteiger partial charge in [-0.25, -0.2) is 9.97 Å². The Morgan fingerprint density at radius 1 is 1.11 bits per heavy atom. The summed E-state index contributed by atoms with van der Waals surface area (Å²) in [5.41, 5.74) is 1.34. The molecule has 0 spiro atoms. The Bertz CT molecular complexity index is 1580. The molecule has 4 aromatic rings. The number of H-pyrrole nitrogens is 1. The van der Waals surface area contributed by atoms with Gasteiger partial charge in [0.1, 0.15) is 28.9 Å². The number of halogens is 3. The predicted octanol–water partition coefficient (Wildman–Crippen LogP) is 5.41. The molecule has 10 heteroatoms. The molecule has 3 aliphatic rings. The topological polar surface area (TPSA) is 100 Å². The third-order valence-corrected chi connectivity index (χ3v) is 7.59. The molecule has 3 N–H and O–H groups in total. The fourth-order valence-corrected chi connectivity index (χ4v) is 5.55. The second-order valence-electron chi connectivity index (χ2n) is 9.65. The van der Waals surface area contributed by atoms with Gasteiger partial charge in [0.15, 0.2) is 0 Å². The van der Waals surface area contributed by atoms with E-state index in [0.717, 1.165) is 29.7 Å². The van der Waals surface area contributed by atoms with E-state index in [1.807, 2.05) is 0 Å². The van der Waals surface area contributed by atoms with Crippen LogP contribution < -0.4 is 10.1 Å². The van der Waals surface area contributed by atoms with Crippen LogP contribution in [0.25, 0.3) is 11.0 Å². The molecule has 2 fully saturated rings. The van der Waals surface area contributed by atoms with Crippen LogP contribution in [-0.2, 0) is 22.8 Å². The smallest absolute Gasteiger partial charge is 0.416 e. The number of rotatable bonds is 4. The molecular weight excluding hydrogens is 473 g/mol. The molecule has 1 amide bonds. The molecule has 2 aromatic heterocycles. The zero-order valence-electron chi connectivity index (χ0n) is 18.7. The lowest BCUT2D eigenvalue weighted by atomic mass is 9.95. The zero-order valence-corrected chi connectivity index (χ0v) is 18.7. The number of nitrogens with one attached hydrogen (secondary N) is 2. The number of ether oxygens (including phenoxy) is 1. The number of amides is 1. The Morgan fingerprint density at radius 2 is 1.97 bits per heavy atom. The number of nitrogens with zero attached hydrogens (tertiary/aromatic N) is 2. The number of benzene rings is 2. The third kappa shape index (κ3) is 3.09. The predicted molar refractivity (Wildman–Crippen MR) is 123 cm³/mol. The van der Waals surface area contributed by atoms with Crippen molar-refractivity contribution in [3.05, 3.63) is 71.2 Å². The van der Waals surface area contributed by atoms with E-state index < -0.39 is 11.7 Å². The maximum Gasteiger partial charge on any atom is 0.416 e. The first-order valence-electron chi connectivity index (χ1n) is 11.6. The molecule has 0 saturated heterocycles. The number of aromatic nitrogens is 3. The lowest BCUT2D eigenvalue weighted by Crippen LogP contribution is -2.20. The van der Waals surface area contributed by atoms with Gasteiger partial charge in [-0.15, -0.1) is 0 Å². The Morgan fingerprint density at radius 3 is 2.78 bits per heavy atom. The van der Waals surface area contributed by atoms with E-state index in [-0.39, 0.29) is 28.9 Å². The summed E-state index contributed by atoms with van der Waals surface area (Å²) in [6, 6.07) is 10.3. The van der Waals surface area contributed by atoms with E-state index in [1.165, 1.54) is 6.07 Å². The highest BCUT2D eigenvalue weighted by molar-refractivity contribution is 5.93. The van der Waals surface area contributed by atoms with Gasteiger partial charge >= 0.3 is 6.18 Å². The number of phenolic OH excluding ortho intramolecular Hbond substituents is 1. The van der Waals surface area contributed by atoms with Gasteiger partial charge in [-0.05, 0) is 61.2 Å². The number of carbonyl (C=O) groups excluding carboxylic acids is 1. The number of aromatic amines is 1. The van der Waals surface area contributed by atoms with Crippen LogP contribution in [0.4, 0.5) is 19.0 Å². The number of phenols is 1. The first-order chi connectivity index (χ1) is 17.2. The molecule has 0 bridgehead atoms. The minimum absolute atomic E-state index is 0.00524. The number of carbonyl (C=O) groups is 1. The van der Waals surface area contributed by atoms with Gasteiger partial charge in [0.25, 0.3) is 0 Å².